The number of likely N-dealkylation sites (tertiary alicyclic amines) is 1. The third-order valence-electron chi connectivity index (χ3n) is 9.50. The van der Waals surface area contributed by atoms with E-state index in [-0.39, 0.29) is 12.5 Å². The van der Waals surface area contributed by atoms with Crippen LogP contribution in [-0.4, -0.2) is 77.0 Å². The van der Waals surface area contributed by atoms with Gasteiger partial charge in [0, 0.05) is 57.6 Å². The SMILES string of the molecule is O=C([C@H](Cc1ccccc1)N(Cc1ccc(N2CCOCC2)nc1)C(=O)/C=C/c1ccc(C(F)(F)F)nc1)N1CCC(Cc2ccccc2)CC1. The molecule has 11 heteroatoms. The Balaban J connectivity index is 1.26. The van der Waals surface area contributed by atoms with Crippen molar-refractivity contribution < 1.29 is 27.5 Å². The van der Waals surface area contributed by atoms with E-state index >= 15 is 0 Å². The number of hydrogen-bond donors (Lipinski definition) is 0. The number of anilines is 1. The van der Waals surface area contributed by atoms with Crippen molar-refractivity contribution in [1.82, 2.24) is 19.8 Å². The summed E-state index contributed by atoms with van der Waals surface area (Å²) in [6, 6.07) is 25.1. The number of carbonyl (C=O) groups excluding carboxylic acids is 2. The summed E-state index contributed by atoms with van der Waals surface area (Å²) in [6.07, 6.45) is 3.95. The van der Waals surface area contributed by atoms with E-state index in [4.69, 9.17) is 4.74 Å². The molecular formula is C40H42F3N5O3. The molecule has 1 atom stereocenters. The summed E-state index contributed by atoms with van der Waals surface area (Å²) >= 11 is 0. The van der Waals surface area contributed by atoms with Crippen LogP contribution < -0.4 is 4.90 Å². The molecule has 2 aliphatic heterocycles. The molecule has 0 spiro atoms. The molecule has 4 aromatic rings. The van der Waals surface area contributed by atoms with Gasteiger partial charge in [0.05, 0.1) is 13.2 Å². The van der Waals surface area contributed by atoms with Crippen LogP contribution in [0.5, 0.6) is 0 Å². The molecule has 2 aromatic carbocycles. The minimum Gasteiger partial charge on any atom is -0.378 e. The Labute approximate surface area is 296 Å². The standard InChI is InChI=1S/C40H42F3N5O3/c41-40(42,43)36-14-11-33(27-44-36)13-16-38(49)48(29-34-12-15-37(45-28-34)46-21-23-51-24-22-46)35(26-31-9-5-2-6-10-31)39(50)47-19-17-32(18-20-47)25-30-7-3-1-4-8-30/h1-16,27-28,32,35H,17-26,29H2/b16-13+/t35-/m0/s1. The van der Waals surface area contributed by atoms with Crippen LogP contribution in [0.2, 0.25) is 0 Å². The maximum atomic E-state index is 14.5. The van der Waals surface area contributed by atoms with Gasteiger partial charge in [-0.3, -0.25) is 14.6 Å². The topological polar surface area (TPSA) is 78.9 Å². The minimum atomic E-state index is -4.57. The monoisotopic (exact) mass is 697 g/mol. The van der Waals surface area contributed by atoms with Gasteiger partial charge >= 0.3 is 6.18 Å². The summed E-state index contributed by atoms with van der Waals surface area (Å²) in [5, 5.41) is 0. The quantitative estimate of drug-likeness (QED) is 0.167. The Morgan fingerprint density at radius 3 is 2.12 bits per heavy atom. The highest BCUT2D eigenvalue weighted by molar-refractivity contribution is 5.95. The van der Waals surface area contributed by atoms with E-state index in [0.29, 0.717) is 44.2 Å². The maximum Gasteiger partial charge on any atom is 0.433 e. The second-order valence-corrected chi connectivity index (χ2v) is 13.1. The largest absolute Gasteiger partial charge is 0.433 e. The number of benzene rings is 2. The molecule has 2 fully saturated rings. The lowest BCUT2D eigenvalue weighted by atomic mass is 9.89. The summed E-state index contributed by atoms with van der Waals surface area (Å²) in [5.74, 6) is 0.691. The number of pyridine rings is 2. The minimum absolute atomic E-state index is 0.110. The number of amides is 2. The van der Waals surface area contributed by atoms with Crippen LogP contribution in [0.4, 0.5) is 19.0 Å². The van der Waals surface area contributed by atoms with E-state index < -0.39 is 23.8 Å². The van der Waals surface area contributed by atoms with E-state index in [0.717, 1.165) is 61.6 Å². The predicted molar refractivity (Wildman–Crippen MR) is 189 cm³/mol. The number of nitrogens with zero attached hydrogens (tertiary/aromatic N) is 5. The van der Waals surface area contributed by atoms with Crippen LogP contribution >= 0.6 is 0 Å². The average molecular weight is 698 g/mol. The van der Waals surface area contributed by atoms with Crippen molar-refractivity contribution in [3.8, 4) is 0 Å². The van der Waals surface area contributed by atoms with Gasteiger partial charge in [-0.25, -0.2) is 4.98 Å². The first-order valence-corrected chi connectivity index (χ1v) is 17.4. The van der Waals surface area contributed by atoms with Crippen LogP contribution in [-0.2, 0) is 39.9 Å². The molecule has 51 heavy (non-hydrogen) atoms. The molecule has 2 saturated heterocycles. The molecule has 0 N–H and O–H groups in total. The number of rotatable bonds is 11. The number of alkyl halides is 3. The summed E-state index contributed by atoms with van der Waals surface area (Å²) in [7, 11) is 0. The lowest BCUT2D eigenvalue weighted by Crippen LogP contribution is -2.53. The number of hydrogen-bond acceptors (Lipinski definition) is 6. The molecule has 0 radical (unpaired) electrons. The molecule has 2 aromatic heterocycles. The van der Waals surface area contributed by atoms with Crippen molar-refractivity contribution in [1.29, 1.82) is 0 Å². The predicted octanol–water partition coefficient (Wildman–Crippen LogP) is 6.47. The molecule has 0 bridgehead atoms. The third kappa shape index (κ3) is 9.82. The normalized spacial score (nSPS) is 16.3. The average Bonchev–Trinajstić information content (AvgIpc) is 3.16. The molecule has 0 unspecified atom stereocenters. The first kappa shape index (κ1) is 35.8. The molecule has 6 rings (SSSR count). The lowest BCUT2D eigenvalue weighted by Gasteiger charge is -2.38. The van der Waals surface area contributed by atoms with Gasteiger partial charge < -0.3 is 19.4 Å². The molecule has 266 valence electrons. The zero-order chi connectivity index (χ0) is 35.6. The van der Waals surface area contributed by atoms with Gasteiger partial charge in [0.15, 0.2) is 0 Å². The van der Waals surface area contributed by atoms with Crippen molar-refractivity contribution in [2.24, 2.45) is 5.92 Å². The molecule has 0 saturated carbocycles. The molecule has 2 aliphatic rings. The van der Waals surface area contributed by atoms with Gasteiger partial charge in [-0.2, -0.15) is 13.2 Å². The van der Waals surface area contributed by atoms with Crippen LogP contribution in [0.3, 0.4) is 0 Å². The Hall–Kier alpha value is -5.03. The number of morpholine rings is 1. The number of piperidine rings is 1. The van der Waals surface area contributed by atoms with Crippen LogP contribution in [0.25, 0.3) is 6.08 Å². The van der Waals surface area contributed by atoms with E-state index in [2.05, 4.69) is 27.0 Å². The zero-order valence-electron chi connectivity index (χ0n) is 28.4. The highest BCUT2D eigenvalue weighted by Crippen LogP contribution is 2.28. The van der Waals surface area contributed by atoms with Gasteiger partial charge in [0.1, 0.15) is 17.6 Å². The molecule has 4 heterocycles. The van der Waals surface area contributed by atoms with Crippen molar-refractivity contribution in [2.45, 2.75) is 44.4 Å². The smallest absolute Gasteiger partial charge is 0.378 e. The summed E-state index contributed by atoms with van der Waals surface area (Å²) in [5.41, 5.74) is 2.26. The van der Waals surface area contributed by atoms with Gasteiger partial charge in [-0.1, -0.05) is 72.8 Å². The molecule has 8 nitrogen and oxygen atoms in total. The van der Waals surface area contributed by atoms with Crippen molar-refractivity contribution in [2.75, 3.05) is 44.3 Å². The number of ether oxygens (including phenoxy) is 1. The third-order valence-corrected chi connectivity index (χ3v) is 9.50. The van der Waals surface area contributed by atoms with Gasteiger partial charge in [-0.15, -0.1) is 0 Å². The number of halogens is 3. The van der Waals surface area contributed by atoms with E-state index in [9.17, 15) is 22.8 Å². The number of carbonyl (C=O) groups is 2. The summed E-state index contributed by atoms with van der Waals surface area (Å²) in [6.45, 7) is 4.00. The van der Waals surface area contributed by atoms with E-state index in [1.807, 2.05) is 65.6 Å². The maximum absolute atomic E-state index is 14.5. The summed E-state index contributed by atoms with van der Waals surface area (Å²) in [4.78, 5) is 42.5. The van der Waals surface area contributed by atoms with Crippen LogP contribution in [0.1, 0.15) is 40.8 Å². The first-order chi connectivity index (χ1) is 24.7. The Morgan fingerprint density at radius 1 is 0.824 bits per heavy atom. The van der Waals surface area contributed by atoms with Gasteiger partial charge in [-0.05, 0) is 65.6 Å². The fraction of sp³-hybridized carbons (Fsp3) is 0.350. The van der Waals surface area contributed by atoms with Crippen LogP contribution in [0, 0.1) is 5.92 Å². The fourth-order valence-corrected chi connectivity index (χ4v) is 6.65. The highest BCUT2D eigenvalue weighted by atomic mass is 19.4. The molecule has 0 aliphatic carbocycles. The molecular weight excluding hydrogens is 655 g/mol. The van der Waals surface area contributed by atoms with Crippen LogP contribution in [0.15, 0.2) is 103 Å². The Bertz CT molecular complexity index is 1740. The fourth-order valence-electron chi connectivity index (χ4n) is 6.65. The Morgan fingerprint density at radius 2 is 1.51 bits per heavy atom. The highest BCUT2D eigenvalue weighted by Gasteiger charge is 2.35. The molecule has 2 amide bonds. The number of aromatic nitrogens is 2. The van der Waals surface area contributed by atoms with Crippen molar-refractivity contribution in [3.05, 3.63) is 131 Å². The van der Waals surface area contributed by atoms with E-state index in [1.165, 1.54) is 23.8 Å². The second-order valence-electron chi connectivity index (χ2n) is 13.1. The lowest BCUT2D eigenvalue weighted by molar-refractivity contribution is -0.145. The van der Waals surface area contributed by atoms with Gasteiger partial charge in [0.25, 0.3) is 0 Å². The zero-order valence-corrected chi connectivity index (χ0v) is 28.4. The van der Waals surface area contributed by atoms with Gasteiger partial charge in [0.2, 0.25) is 11.8 Å². The van der Waals surface area contributed by atoms with Crippen molar-refractivity contribution >= 4 is 23.7 Å². The first-order valence-electron chi connectivity index (χ1n) is 17.4. The second kappa shape index (κ2) is 16.8. The van der Waals surface area contributed by atoms with Crippen molar-refractivity contribution in [3.63, 3.8) is 0 Å². The Kier molecular flexibility index (Phi) is 11.8. The summed E-state index contributed by atoms with van der Waals surface area (Å²) < 4.78 is 44.8. The van der Waals surface area contributed by atoms with E-state index in [1.54, 1.807) is 11.1 Å².